The minimum absolute atomic E-state index is 0.0389. The largest absolute Gasteiger partial charge is 0.478 e. The van der Waals surface area contributed by atoms with E-state index in [0.29, 0.717) is 0 Å². The third-order valence-electron chi connectivity index (χ3n) is 2.38. The number of hydrogen-bond acceptors (Lipinski definition) is 4. The molecule has 2 N–H and O–H groups in total. The van der Waals surface area contributed by atoms with Crippen LogP contribution in [0.15, 0.2) is 41.7 Å². The van der Waals surface area contributed by atoms with E-state index in [9.17, 15) is 13.2 Å². The predicted molar refractivity (Wildman–Crippen MR) is 67.4 cm³/mol. The molecule has 0 fully saturated rings. The Morgan fingerprint density at radius 3 is 2.74 bits per heavy atom. The van der Waals surface area contributed by atoms with Crippen LogP contribution in [0.1, 0.15) is 10.4 Å². The number of carbonyl (C=O) groups is 1. The van der Waals surface area contributed by atoms with E-state index in [1.54, 1.807) is 17.8 Å². The van der Waals surface area contributed by atoms with E-state index >= 15 is 0 Å². The van der Waals surface area contributed by atoms with E-state index in [4.69, 9.17) is 5.11 Å². The first-order chi connectivity index (χ1) is 8.90. The molecular formula is C11H11N3O4S. The van der Waals surface area contributed by atoms with E-state index < -0.39 is 16.0 Å². The predicted octanol–water partition coefficient (Wildman–Crippen LogP) is 0.919. The molecule has 100 valence electrons. The van der Waals surface area contributed by atoms with E-state index in [2.05, 4.69) is 9.71 Å². The number of hydrogen-bond donors (Lipinski definition) is 2. The molecule has 0 unspecified atom stereocenters. The van der Waals surface area contributed by atoms with Gasteiger partial charge in [-0.3, -0.25) is 4.72 Å². The molecular weight excluding hydrogens is 270 g/mol. The molecule has 0 atom stereocenters. The van der Waals surface area contributed by atoms with E-state index in [-0.39, 0.29) is 16.3 Å². The molecule has 0 bridgehead atoms. The second-order valence-electron chi connectivity index (χ2n) is 3.82. The normalized spacial score (nSPS) is 11.2. The van der Waals surface area contributed by atoms with Crippen LogP contribution in [0.4, 0.5) is 5.82 Å². The SMILES string of the molecule is Cn1ccc(S(=O)(=O)Nc2ncccc2C(=O)O)c1. The number of nitrogens with one attached hydrogen (secondary N) is 1. The minimum Gasteiger partial charge on any atom is -0.478 e. The number of pyridine rings is 1. The summed E-state index contributed by atoms with van der Waals surface area (Å²) in [7, 11) is -2.16. The summed E-state index contributed by atoms with van der Waals surface area (Å²) in [5, 5.41) is 8.96. The van der Waals surface area contributed by atoms with Gasteiger partial charge >= 0.3 is 5.97 Å². The molecule has 0 saturated carbocycles. The summed E-state index contributed by atoms with van der Waals surface area (Å²) < 4.78 is 27.8. The highest BCUT2D eigenvalue weighted by molar-refractivity contribution is 7.92. The Labute approximate surface area is 109 Å². The number of aromatic nitrogens is 2. The Morgan fingerprint density at radius 1 is 1.42 bits per heavy atom. The first kappa shape index (κ1) is 13.1. The summed E-state index contributed by atoms with van der Waals surface area (Å²) in [5.74, 6) is -1.46. The fourth-order valence-corrected chi connectivity index (χ4v) is 2.56. The summed E-state index contributed by atoms with van der Waals surface area (Å²) >= 11 is 0. The van der Waals surface area contributed by atoms with Gasteiger partial charge in [0.25, 0.3) is 10.0 Å². The molecule has 19 heavy (non-hydrogen) atoms. The van der Waals surface area contributed by atoms with Crippen molar-refractivity contribution in [1.82, 2.24) is 9.55 Å². The van der Waals surface area contributed by atoms with Crippen LogP contribution in [-0.4, -0.2) is 29.0 Å². The molecule has 0 aliphatic carbocycles. The second kappa shape index (κ2) is 4.73. The zero-order chi connectivity index (χ0) is 14.0. The average molecular weight is 281 g/mol. The Morgan fingerprint density at radius 2 is 2.16 bits per heavy atom. The van der Waals surface area contributed by atoms with E-state index in [0.717, 1.165) is 0 Å². The maximum Gasteiger partial charge on any atom is 0.339 e. The third kappa shape index (κ3) is 2.74. The Balaban J connectivity index is 2.39. The van der Waals surface area contributed by atoms with Crippen LogP contribution in [0, 0.1) is 0 Å². The van der Waals surface area contributed by atoms with Crippen LogP contribution >= 0.6 is 0 Å². The summed E-state index contributed by atoms with van der Waals surface area (Å²) in [6, 6.07) is 4.10. The molecule has 0 aromatic carbocycles. The van der Waals surface area contributed by atoms with Gasteiger partial charge in [0.1, 0.15) is 10.5 Å². The van der Waals surface area contributed by atoms with Gasteiger partial charge in [-0.25, -0.2) is 18.2 Å². The van der Waals surface area contributed by atoms with Crippen molar-refractivity contribution in [3.05, 3.63) is 42.4 Å². The molecule has 0 aliphatic heterocycles. The minimum atomic E-state index is -3.85. The van der Waals surface area contributed by atoms with Crippen LogP contribution in [0.2, 0.25) is 0 Å². The maximum absolute atomic E-state index is 12.0. The highest BCUT2D eigenvalue weighted by Gasteiger charge is 2.19. The van der Waals surface area contributed by atoms with Crippen LogP contribution in [0.25, 0.3) is 0 Å². The number of rotatable bonds is 4. The fourth-order valence-electron chi connectivity index (χ4n) is 1.48. The Bertz CT molecular complexity index is 721. The van der Waals surface area contributed by atoms with Gasteiger partial charge in [0.2, 0.25) is 0 Å². The lowest BCUT2D eigenvalue weighted by Crippen LogP contribution is -2.16. The molecule has 0 saturated heterocycles. The number of nitrogens with zero attached hydrogens (tertiary/aromatic N) is 2. The van der Waals surface area contributed by atoms with Gasteiger partial charge in [-0.15, -0.1) is 0 Å². The summed E-state index contributed by atoms with van der Waals surface area (Å²) in [6.07, 6.45) is 4.30. The van der Waals surface area contributed by atoms with Crippen molar-refractivity contribution in [1.29, 1.82) is 0 Å². The van der Waals surface area contributed by atoms with Gasteiger partial charge in [-0.2, -0.15) is 0 Å². The van der Waals surface area contributed by atoms with Crippen molar-refractivity contribution < 1.29 is 18.3 Å². The number of carboxylic acid groups (broad SMARTS) is 1. The lowest BCUT2D eigenvalue weighted by atomic mass is 10.3. The summed E-state index contributed by atoms with van der Waals surface area (Å²) in [5.41, 5.74) is -0.206. The van der Waals surface area contributed by atoms with Crippen molar-refractivity contribution in [2.24, 2.45) is 7.05 Å². The van der Waals surface area contributed by atoms with Crippen LogP contribution in [0.5, 0.6) is 0 Å². The van der Waals surface area contributed by atoms with E-state index in [1.165, 1.54) is 30.6 Å². The molecule has 0 radical (unpaired) electrons. The zero-order valence-corrected chi connectivity index (χ0v) is 10.8. The Hall–Kier alpha value is -2.35. The molecule has 2 rings (SSSR count). The van der Waals surface area contributed by atoms with Gasteiger partial charge in [0.05, 0.1) is 0 Å². The topological polar surface area (TPSA) is 101 Å². The van der Waals surface area contributed by atoms with Gasteiger partial charge < -0.3 is 9.67 Å². The maximum atomic E-state index is 12.0. The Kier molecular flexibility index (Phi) is 3.26. The number of aryl methyl sites for hydroxylation is 1. The van der Waals surface area contributed by atoms with Crippen molar-refractivity contribution >= 4 is 21.8 Å². The van der Waals surface area contributed by atoms with Gasteiger partial charge in [-0.1, -0.05) is 0 Å². The molecule has 2 aromatic heterocycles. The van der Waals surface area contributed by atoms with Crippen LogP contribution in [0.3, 0.4) is 0 Å². The molecule has 8 heteroatoms. The number of sulfonamides is 1. The highest BCUT2D eigenvalue weighted by atomic mass is 32.2. The monoisotopic (exact) mass is 281 g/mol. The highest BCUT2D eigenvalue weighted by Crippen LogP contribution is 2.17. The smallest absolute Gasteiger partial charge is 0.339 e. The number of aromatic carboxylic acids is 1. The first-order valence-corrected chi connectivity index (χ1v) is 6.71. The lowest BCUT2D eigenvalue weighted by Gasteiger charge is -2.07. The van der Waals surface area contributed by atoms with Crippen molar-refractivity contribution in [3.63, 3.8) is 0 Å². The molecule has 2 aromatic rings. The first-order valence-electron chi connectivity index (χ1n) is 5.23. The molecule has 2 heterocycles. The molecule has 7 nitrogen and oxygen atoms in total. The number of carboxylic acids is 1. The third-order valence-corrected chi connectivity index (χ3v) is 3.71. The van der Waals surface area contributed by atoms with Crippen molar-refractivity contribution in [2.45, 2.75) is 4.90 Å². The quantitative estimate of drug-likeness (QED) is 0.867. The molecule has 0 aliphatic rings. The summed E-state index contributed by atoms with van der Waals surface area (Å²) in [4.78, 5) is 14.7. The zero-order valence-electron chi connectivity index (χ0n) is 9.94. The van der Waals surface area contributed by atoms with Crippen molar-refractivity contribution in [2.75, 3.05) is 4.72 Å². The number of anilines is 1. The standard InChI is InChI=1S/C11H11N3O4S/c1-14-6-4-8(7-14)19(17,18)13-10-9(11(15)16)3-2-5-12-10/h2-7H,1H3,(H,12,13)(H,15,16). The van der Waals surface area contributed by atoms with Crippen LogP contribution < -0.4 is 4.72 Å². The molecule has 0 spiro atoms. The lowest BCUT2D eigenvalue weighted by molar-refractivity contribution is 0.0697. The summed E-state index contributed by atoms with van der Waals surface area (Å²) in [6.45, 7) is 0. The van der Waals surface area contributed by atoms with Crippen molar-refractivity contribution in [3.8, 4) is 0 Å². The van der Waals surface area contributed by atoms with Gasteiger partial charge in [0.15, 0.2) is 5.82 Å². The van der Waals surface area contributed by atoms with E-state index in [1.807, 2.05) is 0 Å². The van der Waals surface area contributed by atoms with Crippen LogP contribution in [-0.2, 0) is 17.1 Å². The fraction of sp³-hybridized carbons (Fsp3) is 0.0909. The molecule has 0 amide bonds. The van der Waals surface area contributed by atoms with Gasteiger partial charge in [-0.05, 0) is 18.2 Å². The average Bonchev–Trinajstić information content (AvgIpc) is 2.76. The van der Waals surface area contributed by atoms with Gasteiger partial charge in [0, 0.05) is 25.6 Å². The second-order valence-corrected chi connectivity index (χ2v) is 5.51.